The Labute approximate surface area is 129 Å². The Kier molecular flexibility index (Phi) is 2.86. The topological polar surface area (TPSA) is 20.3 Å². The second kappa shape index (κ2) is 4.26. The van der Waals surface area contributed by atoms with Gasteiger partial charge in [0.2, 0.25) is 5.91 Å². The van der Waals surface area contributed by atoms with Gasteiger partial charge in [0.05, 0.1) is 5.41 Å². The minimum atomic E-state index is 0.00845. The Morgan fingerprint density at radius 3 is 2.24 bits per heavy atom. The molecule has 3 unspecified atom stereocenters. The number of likely N-dealkylation sites (tertiary alicyclic amines) is 1. The van der Waals surface area contributed by atoms with Gasteiger partial charge in [-0.15, -0.1) is 0 Å². The van der Waals surface area contributed by atoms with E-state index in [-0.39, 0.29) is 5.41 Å². The van der Waals surface area contributed by atoms with Crippen molar-refractivity contribution in [3.05, 3.63) is 0 Å². The molecule has 0 aromatic heterocycles. The summed E-state index contributed by atoms with van der Waals surface area (Å²) < 4.78 is 0. The highest BCUT2D eigenvalue weighted by Gasteiger charge is 2.63. The predicted molar refractivity (Wildman–Crippen MR) is 84.9 cm³/mol. The molecule has 4 saturated carbocycles. The fraction of sp³-hybridized carbons (Fsp3) is 0.947. The van der Waals surface area contributed by atoms with Crippen molar-refractivity contribution in [1.82, 2.24) is 4.90 Å². The highest BCUT2D eigenvalue weighted by atomic mass is 16.2. The molecule has 0 aromatic carbocycles. The van der Waals surface area contributed by atoms with Crippen LogP contribution in [0.4, 0.5) is 0 Å². The fourth-order valence-corrected chi connectivity index (χ4v) is 7.39. The van der Waals surface area contributed by atoms with Gasteiger partial charge in [0.1, 0.15) is 0 Å². The van der Waals surface area contributed by atoms with E-state index in [9.17, 15) is 4.79 Å². The maximum Gasteiger partial charge on any atom is 0.229 e. The molecule has 2 nitrogen and oxygen atoms in total. The van der Waals surface area contributed by atoms with E-state index < -0.39 is 0 Å². The van der Waals surface area contributed by atoms with Crippen molar-refractivity contribution in [3.63, 3.8) is 0 Å². The zero-order chi connectivity index (χ0) is 14.9. The third-order valence-corrected chi connectivity index (χ3v) is 7.14. The summed E-state index contributed by atoms with van der Waals surface area (Å²) in [5, 5.41) is 0. The Bertz CT molecular complexity index is 452. The first-order chi connectivity index (χ1) is 9.83. The van der Waals surface area contributed by atoms with E-state index in [0.717, 1.165) is 12.5 Å². The molecule has 1 aliphatic heterocycles. The first-order valence-electron chi connectivity index (χ1n) is 9.14. The molecule has 4 aliphatic carbocycles. The lowest BCUT2D eigenvalue weighted by molar-refractivity contribution is -0.182. The van der Waals surface area contributed by atoms with Crippen LogP contribution in [-0.4, -0.2) is 23.4 Å². The summed E-state index contributed by atoms with van der Waals surface area (Å²) in [6.07, 6.45) is 11.4. The van der Waals surface area contributed by atoms with Crippen molar-refractivity contribution >= 4 is 5.91 Å². The number of amides is 1. The average molecular weight is 289 g/mol. The van der Waals surface area contributed by atoms with Crippen molar-refractivity contribution in [2.45, 2.75) is 84.6 Å². The quantitative estimate of drug-likeness (QED) is 0.701. The SMILES string of the molecule is CC1CCCCN1C(=O)C12CC3CC(C)(CC(C)(C3)C1)C2. The molecule has 21 heavy (non-hydrogen) atoms. The number of hydrogen-bond acceptors (Lipinski definition) is 1. The van der Waals surface area contributed by atoms with E-state index in [1.807, 2.05) is 0 Å². The average Bonchev–Trinajstić information content (AvgIpc) is 2.34. The lowest BCUT2D eigenvalue weighted by atomic mass is 9.40. The molecule has 0 radical (unpaired) electrons. The van der Waals surface area contributed by atoms with Crippen LogP contribution in [0.15, 0.2) is 0 Å². The van der Waals surface area contributed by atoms with Crippen LogP contribution in [-0.2, 0) is 4.79 Å². The monoisotopic (exact) mass is 289 g/mol. The van der Waals surface area contributed by atoms with Crippen LogP contribution in [0.2, 0.25) is 0 Å². The maximum absolute atomic E-state index is 13.5. The predicted octanol–water partition coefficient (Wildman–Crippen LogP) is 4.38. The van der Waals surface area contributed by atoms with Gasteiger partial charge in [-0.2, -0.15) is 0 Å². The molecular weight excluding hydrogens is 258 g/mol. The van der Waals surface area contributed by atoms with E-state index in [1.54, 1.807) is 0 Å². The van der Waals surface area contributed by atoms with Crippen LogP contribution in [0, 0.1) is 22.2 Å². The zero-order valence-corrected chi connectivity index (χ0v) is 14.1. The van der Waals surface area contributed by atoms with E-state index in [1.165, 1.54) is 57.8 Å². The second-order valence-corrected chi connectivity index (χ2v) is 9.75. The summed E-state index contributed by atoms with van der Waals surface area (Å²) in [6.45, 7) is 8.22. The van der Waals surface area contributed by atoms with Crippen molar-refractivity contribution in [3.8, 4) is 0 Å². The highest BCUT2D eigenvalue weighted by molar-refractivity contribution is 5.84. The minimum absolute atomic E-state index is 0.00845. The molecule has 0 aromatic rings. The Morgan fingerprint density at radius 2 is 1.67 bits per heavy atom. The fourth-order valence-electron chi connectivity index (χ4n) is 7.39. The molecule has 2 heteroatoms. The van der Waals surface area contributed by atoms with Gasteiger partial charge in [0, 0.05) is 12.6 Å². The van der Waals surface area contributed by atoms with Gasteiger partial charge in [-0.25, -0.2) is 0 Å². The normalized spacial score (nSPS) is 52.2. The Morgan fingerprint density at radius 1 is 1.00 bits per heavy atom. The maximum atomic E-state index is 13.5. The largest absolute Gasteiger partial charge is 0.340 e. The highest BCUT2D eigenvalue weighted by Crippen LogP contribution is 2.70. The molecule has 1 heterocycles. The molecule has 5 aliphatic rings. The van der Waals surface area contributed by atoms with Gasteiger partial charge in [0.25, 0.3) is 0 Å². The summed E-state index contributed by atoms with van der Waals surface area (Å²) in [5.74, 6) is 1.36. The van der Waals surface area contributed by atoms with Crippen molar-refractivity contribution in [1.29, 1.82) is 0 Å². The van der Waals surface area contributed by atoms with Crippen LogP contribution in [0.1, 0.15) is 78.6 Å². The van der Waals surface area contributed by atoms with Crippen LogP contribution in [0.3, 0.4) is 0 Å². The summed E-state index contributed by atoms with van der Waals surface area (Å²) in [4.78, 5) is 15.7. The van der Waals surface area contributed by atoms with Crippen LogP contribution in [0.25, 0.3) is 0 Å². The smallest absolute Gasteiger partial charge is 0.229 e. The van der Waals surface area contributed by atoms with Gasteiger partial charge in [-0.1, -0.05) is 13.8 Å². The molecule has 0 spiro atoms. The van der Waals surface area contributed by atoms with Gasteiger partial charge in [-0.3, -0.25) is 4.79 Å². The van der Waals surface area contributed by atoms with E-state index in [2.05, 4.69) is 25.7 Å². The van der Waals surface area contributed by atoms with E-state index in [4.69, 9.17) is 0 Å². The summed E-state index contributed by atoms with van der Waals surface area (Å²) >= 11 is 0. The number of hydrogen-bond donors (Lipinski definition) is 0. The number of carbonyl (C=O) groups is 1. The third kappa shape index (κ3) is 2.08. The standard InChI is InChI=1S/C19H31NO/c1-14-6-4-5-7-20(14)16(21)19-10-15-8-17(2,12-19)11-18(3,9-15)13-19/h14-15H,4-13H2,1-3H3. The summed E-state index contributed by atoms with van der Waals surface area (Å²) in [7, 11) is 0. The molecule has 1 saturated heterocycles. The van der Waals surface area contributed by atoms with Crippen LogP contribution < -0.4 is 0 Å². The summed E-state index contributed by atoms with van der Waals surface area (Å²) in [6, 6.07) is 0.472. The molecule has 118 valence electrons. The molecule has 4 bridgehead atoms. The first kappa shape index (κ1) is 14.1. The number of nitrogens with zero attached hydrogens (tertiary/aromatic N) is 1. The van der Waals surface area contributed by atoms with E-state index >= 15 is 0 Å². The van der Waals surface area contributed by atoms with Gasteiger partial charge in [0.15, 0.2) is 0 Å². The van der Waals surface area contributed by atoms with E-state index in [0.29, 0.717) is 22.8 Å². The first-order valence-corrected chi connectivity index (χ1v) is 9.14. The van der Waals surface area contributed by atoms with Crippen molar-refractivity contribution in [2.24, 2.45) is 22.2 Å². The van der Waals surface area contributed by atoms with Gasteiger partial charge >= 0.3 is 0 Å². The number of carbonyl (C=O) groups excluding carboxylic acids is 1. The lowest BCUT2D eigenvalue weighted by Crippen LogP contribution is -2.61. The molecule has 0 N–H and O–H groups in total. The molecular formula is C19H31NO. The third-order valence-electron chi connectivity index (χ3n) is 7.14. The molecule has 5 fully saturated rings. The Balaban J connectivity index is 1.66. The molecule has 5 rings (SSSR count). The molecule has 3 atom stereocenters. The van der Waals surface area contributed by atoms with Crippen molar-refractivity contribution < 1.29 is 4.79 Å². The van der Waals surface area contributed by atoms with Crippen molar-refractivity contribution in [2.75, 3.05) is 6.54 Å². The Hall–Kier alpha value is -0.530. The van der Waals surface area contributed by atoms with Crippen LogP contribution in [0.5, 0.6) is 0 Å². The number of piperidine rings is 1. The van der Waals surface area contributed by atoms with Crippen LogP contribution >= 0.6 is 0 Å². The minimum Gasteiger partial charge on any atom is -0.340 e. The van der Waals surface area contributed by atoms with Gasteiger partial charge in [-0.05, 0) is 81.5 Å². The lowest BCUT2D eigenvalue weighted by Gasteiger charge is -2.65. The zero-order valence-electron chi connectivity index (χ0n) is 14.1. The molecule has 1 amide bonds. The van der Waals surface area contributed by atoms with Gasteiger partial charge < -0.3 is 4.90 Å². The second-order valence-electron chi connectivity index (χ2n) is 9.75. The number of rotatable bonds is 1. The summed E-state index contributed by atoms with van der Waals surface area (Å²) in [5.41, 5.74) is 0.903.